The Morgan fingerprint density at radius 1 is 0.261 bits per heavy atom. The zero-order chi connectivity index (χ0) is 45.4. The van der Waals surface area contributed by atoms with Crippen molar-refractivity contribution in [3.63, 3.8) is 0 Å². The number of rotatable bonds is 8. The third kappa shape index (κ3) is 6.47. The Labute approximate surface area is 397 Å². The summed E-state index contributed by atoms with van der Waals surface area (Å²) < 4.78 is 19.6. The van der Waals surface area contributed by atoms with Gasteiger partial charge in [-0.15, -0.1) is 0 Å². The molecule has 5 heteroatoms. The molecule has 14 rings (SSSR count). The van der Waals surface area contributed by atoms with Gasteiger partial charge in [0.05, 0.1) is 5.69 Å². The SMILES string of the molecule is c1ccc(-c2ccc(N(c3ccc4c(c3)Oc3cccc5c(N(c6ccc(-c7ccccc7)cc6)c6ccc7oc8ccccc8c7c6)ccc-4c35)c3ccc4oc5ccccc5c4c3)cc2)cc1. The number of fused-ring (bicyclic) bond motifs is 8. The number of hydrogen-bond acceptors (Lipinski definition) is 5. The molecule has 1 aliphatic heterocycles. The van der Waals surface area contributed by atoms with Crippen LogP contribution in [0.1, 0.15) is 0 Å². The van der Waals surface area contributed by atoms with Crippen LogP contribution in [0, 0.1) is 0 Å². The molecule has 3 heterocycles. The maximum atomic E-state index is 7.04. The van der Waals surface area contributed by atoms with E-state index in [1.54, 1.807) is 0 Å². The minimum Gasteiger partial charge on any atom is -0.456 e. The number of anilines is 6. The number of hydrogen-bond donors (Lipinski definition) is 0. The Morgan fingerprint density at radius 2 is 0.710 bits per heavy atom. The van der Waals surface area contributed by atoms with Gasteiger partial charge in [-0.25, -0.2) is 0 Å². The highest BCUT2D eigenvalue weighted by molar-refractivity contribution is 6.13. The van der Waals surface area contributed by atoms with Crippen LogP contribution in [0.2, 0.25) is 0 Å². The second-order valence-corrected chi connectivity index (χ2v) is 17.6. The summed E-state index contributed by atoms with van der Waals surface area (Å²) in [6.45, 7) is 0. The van der Waals surface area contributed by atoms with Crippen LogP contribution in [-0.2, 0) is 0 Å². The van der Waals surface area contributed by atoms with E-state index in [0.29, 0.717) is 0 Å². The van der Waals surface area contributed by atoms with Crippen LogP contribution in [0.4, 0.5) is 34.1 Å². The second-order valence-electron chi connectivity index (χ2n) is 17.6. The fourth-order valence-electron chi connectivity index (χ4n) is 10.4. The Morgan fingerprint density at radius 3 is 1.32 bits per heavy atom. The average Bonchev–Trinajstić information content (AvgIpc) is 3.98. The topological polar surface area (TPSA) is 42.0 Å². The summed E-state index contributed by atoms with van der Waals surface area (Å²) in [6.07, 6.45) is 0. The predicted molar refractivity (Wildman–Crippen MR) is 284 cm³/mol. The molecule has 0 saturated heterocycles. The first-order chi connectivity index (χ1) is 34.2. The highest BCUT2D eigenvalue weighted by Crippen LogP contribution is 2.52. The van der Waals surface area contributed by atoms with Crippen molar-refractivity contribution in [2.75, 3.05) is 9.80 Å². The third-order valence-corrected chi connectivity index (χ3v) is 13.7. The number of para-hydroxylation sites is 2. The smallest absolute Gasteiger partial charge is 0.137 e. The monoisotopic (exact) mass is 884 g/mol. The second kappa shape index (κ2) is 15.7. The zero-order valence-corrected chi connectivity index (χ0v) is 37.2. The van der Waals surface area contributed by atoms with Crippen molar-refractivity contribution in [1.29, 1.82) is 0 Å². The van der Waals surface area contributed by atoms with E-state index < -0.39 is 0 Å². The average molecular weight is 885 g/mol. The molecule has 0 fully saturated rings. The van der Waals surface area contributed by atoms with Gasteiger partial charge in [0, 0.05) is 72.4 Å². The van der Waals surface area contributed by atoms with E-state index in [0.717, 1.165) is 123 Å². The standard InChI is InChI=1S/C64H40N2O3/c1-3-12-41(13-4-1)43-22-26-45(27-23-43)65(47-31-36-60-55(38-47)50-16-7-9-19-58(50)67-60)49-30-33-52-53-34-35-57(54-18-11-21-62(64(53)54)69-63(52)40-49)66(46-28-24-44(25-29-46)42-14-5-2-6-15-42)48-32-37-61-56(39-48)51-17-8-10-20-59(51)68-61/h1-40H. The molecule has 0 radical (unpaired) electrons. The van der Waals surface area contributed by atoms with Crippen LogP contribution < -0.4 is 14.5 Å². The summed E-state index contributed by atoms with van der Waals surface area (Å²) in [5.41, 5.74) is 16.5. The van der Waals surface area contributed by atoms with Crippen molar-refractivity contribution in [2.24, 2.45) is 0 Å². The number of benzene rings is 11. The molecule has 0 atom stereocenters. The minimum atomic E-state index is 0.798. The van der Waals surface area contributed by atoms with E-state index in [9.17, 15) is 0 Å². The number of nitrogens with zero attached hydrogens (tertiary/aromatic N) is 2. The number of ether oxygens (including phenoxy) is 1. The van der Waals surface area contributed by atoms with Crippen molar-refractivity contribution in [1.82, 2.24) is 0 Å². The van der Waals surface area contributed by atoms with Gasteiger partial charge < -0.3 is 23.4 Å². The van der Waals surface area contributed by atoms with E-state index in [1.807, 2.05) is 24.3 Å². The van der Waals surface area contributed by atoms with Gasteiger partial charge in [-0.05, 0) is 125 Å². The molecule has 5 nitrogen and oxygen atoms in total. The Kier molecular flexibility index (Phi) is 8.83. The fraction of sp³-hybridized carbons (Fsp3) is 0. The molecule has 0 bridgehead atoms. The van der Waals surface area contributed by atoms with E-state index in [4.69, 9.17) is 13.6 Å². The Bertz CT molecular complexity index is 4100. The highest BCUT2D eigenvalue weighted by Gasteiger charge is 2.26. The van der Waals surface area contributed by atoms with Crippen LogP contribution in [0.25, 0.3) is 88.0 Å². The molecule has 1 aliphatic rings. The van der Waals surface area contributed by atoms with Gasteiger partial charge in [-0.3, -0.25) is 0 Å². The first-order valence-electron chi connectivity index (χ1n) is 23.3. The van der Waals surface area contributed by atoms with Gasteiger partial charge in [0.1, 0.15) is 33.8 Å². The van der Waals surface area contributed by atoms with E-state index in [-0.39, 0.29) is 0 Å². The molecule has 13 aromatic rings. The molecule has 11 aromatic carbocycles. The summed E-state index contributed by atoms with van der Waals surface area (Å²) in [5.74, 6) is 1.61. The minimum absolute atomic E-state index is 0.798. The zero-order valence-electron chi connectivity index (χ0n) is 37.2. The molecule has 0 N–H and O–H groups in total. The van der Waals surface area contributed by atoms with Gasteiger partial charge in [0.25, 0.3) is 0 Å². The first-order valence-corrected chi connectivity index (χ1v) is 23.3. The number of furan rings is 2. The largest absolute Gasteiger partial charge is 0.456 e. The van der Waals surface area contributed by atoms with Crippen LogP contribution in [-0.4, -0.2) is 0 Å². The van der Waals surface area contributed by atoms with Gasteiger partial charge in [0.2, 0.25) is 0 Å². The van der Waals surface area contributed by atoms with Crippen molar-refractivity contribution in [3.8, 4) is 44.9 Å². The lowest BCUT2D eigenvalue weighted by Gasteiger charge is -2.30. The maximum Gasteiger partial charge on any atom is 0.137 e. The maximum absolute atomic E-state index is 7.04. The lowest BCUT2D eigenvalue weighted by molar-refractivity contribution is 0.487. The van der Waals surface area contributed by atoms with Crippen molar-refractivity contribution < 1.29 is 13.6 Å². The van der Waals surface area contributed by atoms with Crippen molar-refractivity contribution in [2.45, 2.75) is 0 Å². The fourth-order valence-corrected chi connectivity index (χ4v) is 10.4. The molecule has 0 amide bonds. The van der Waals surface area contributed by atoms with E-state index in [2.05, 4.69) is 228 Å². The molecule has 0 saturated carbocycles. The van der Waals surface area contributed by atoms with Crippen LogP contribution >= 0.6 is 0 Å². The summed E-state index contributed by atoms with van der Waals surface area (Å²) in [4.78, 5) is 4.66. The van der Waals surface area contributed by atoms with Crippen LogP contribution in [0.3, 0.4) is 0 Å². The van der Waals surface area contributed by atoms with Gasteiger partial charge in [0.15, 0.2) is 0 Å². The molecule has 0 unspecified atom stereocenters. The highest BCUT2D eigenvalue weighted by atomic mass is 16.5. The molecular weight excluding hydrogens is 845 g/mol. The first kappa shape index (κ1) is 38.9. The molecule has 324 valence electrons. The van der Waals surface area contributed by atoms with Gasteiger partial charge in [-0.1, -0.05) is 140 Å². The lowest BCUT2D eigenvalue weighted by atomic mass is 9.92. The Balaban J connectivity index is 0.903. The van der Waals surface area contributed by atoms with Crippen LogP contribution in [0.15, 0.2) is 251 Å². The normalized spacial score (nSPS) is 11.9. The molecule has 0 aliphatic carbocycles. The van der Waals surface area contributed by atoms with E-state index >= 15 is 0 Å². The summed E-state index contributed by atoms with van der Waals surface area (Å²) in [5, 5.41) is 6.48. The van der Waals surface area contributed by atoms with Crippen molar-refractivity contribution in [3.05, 3.63) is 243 Å². The summed E-state index contributed by atoms with van der Waals surface area (Å²) in [7, 11) is 0. The molecule has 2 aromatic heterocycles. The quantitative estimate of drug-likeness (QED) is 0.152. The van der Waals surface area contributed by atoms with Crippen LogP contribution in [0.5, 0.6) is 11.5 Å². The molecule has 0 spiro atoms. The summed E-state index contributed by atoms with van der Waals surface area (Å²) in [6, 6.07) is 85.7. The van der Waals surface area contributed by atoms with Gasteiger partial charge in [-0.2, -0.15) is 0 Å². The van der Waals surface area contributed by atoms with Crippen molar-refractivity contribution >= 4 is 88.8 Å². The van der Waals surface area contributed by atoms with E-state index in [1.165, 1.54) is 11.1 Å². The predicted octanol–water partition coefficient (Wildman–Crippen LogP) is 18.7. The molecule has 69 heavy (non-hydrogen) atoms. The van der Waals surface area contributed by atoms with Gasteiger partial charge >= 0.3 is 0 Å². The third-order valence-electron chi connectivity index (χ3n) is 13.7. The lowest BCUT2D eigenvalue weighted by Crippen LogP contribution is -2.12. The Hall–Kier alpha value is -9.32. The summed E-state index contributed by atoms with van der Waals surface area (Å²) >= 11 is 0. The molecular formula is C64H40N2O3.